The van der Waals surface area contributed by atoms with Gasteiger partial charge in [-0.1, -0.05) is 23.7 Å². The molecule has 0 aliphatic rings. The molecule has 0 saturated carbocycles. The van der Waals surface area contributed by atoms with Gasteiger partial charge in [0.15, 0.2) is 17.4 Å². The molecule has 2 aromatic rings. The van der Waals surface area contributed by atoms with Gasteiger partial charge in [-0.2, -0.15) is 0 Å². The van der Waals surface area contributed by atoms with E-state index in [-0.39, 0.29) is 12.2 Å². The van der Waals surface area contributed by atoms with Gasteiger partial charge < -0.3 is 0 Å². The maximum atomic E-state index is 13.1. The van der Waals surface area contributed by atoms with Crippen LogP contribution in [-0.4, -0.2) is 5.78 Å². The summed E-state index contributed by atoms with van der Waals surface area (Å²) in [5.74, 6) is -2.11. The highest BCUT2D eigenvalue weighted by Crippen LogP contribution is 2.20. The van der Waals surface area contributed by atoms with Crippen LogP contribution in [0, 0.1) is 18.6 Å². The maximum absolute atomic E-state index is 13.1. The summed E-state index contributed by atoms with van der Waals surface area (Å²) in [5, 5.41) is 0.368. The number of carbonyl (C=O) groups excluding carboxylic acids is 1. The molecule has 0 heterocycles. The van der Waals surface area contributed by atoms with E-state index in [2.05, 4.69) is 0 Å². The summed E-state index contributed by atoms with van der Waals surface area (Å²) in [6.07, 6.45) is -0.0139. The molecule has 0 amide bonds. The Kier molecular flexibility index (Phi) is 3.96. The van der Waals surface area contributed by atoms with Crippen LogP contribution < -0.4 is 0 Å². The van der Waals surface area contributed by atoms with Crippen LogP contribution in [0.15, 0.2) is 36.4 Å². The largest absolute Gasteiger partial charge is 0.294 e. The summed E-state index contributed by atoms with van der Waals surface area (Å²) >= 11 is 5.99. The molecule has 0 aliphatic carbocycles. The van der Waals surface area contributed by atoms with E-state index in [4.69, 9.17) is 11.6 Å². The van der Waals surface area contributed by atoms with Gasteiger partial charge in [0.25, 0.3) is 0 Å². The van der Waals surface area contributed by atoms with E-state index in [1.807, 2.05) is 6.92 Å². The lowest BCUT2D eigenvalue weighted by Gasteiger charge is -2.05. The molecule has 0 saturated heterocycles. The first-order valence-electron chi connectivity index (χ1n) is 5.70. The number of hydrogen-bond donors (Lipinski definition) is 0. The third-order valence-corrected chi connectivity index (χ3v) is 3.09. The molecule has 0 radical (unpaired) electrons. The molecule has 0 bridgehead atoms. The van der Waals surface area contributed by atoms with Crippen molar-refractivity contribution in [2.45, 2.75) is 13.3 Å². The topological polar surface area (TPSA) is 17.1 Å². The van der Waals surface area contributed by atoms with Crippen LogP contribution in [0.3, 0.4) is 0 Å². The maximum Gasteiger partial charge on any atom is 0.168 e. The highest BCUT2D eigenvalue weighted by Gasteiger charge is 2.12. The fourth-order valence-corrected chi connectivity index (χ4v) is 2.12. The summed E-state index contributed by atoms with van der Waals surface area (Å²) in [6.45, 7) is 1.87. The van der Waals surface area contributed by atoms with Crippen molar-refractivity contribution in [2.75, 3.05) is 0 Å². The second-order valence-corrected chi connectivity index (χ2v) is 4.74. The zero-order valence-corrected chi connectivity index (χ0v) is 11.0. The summed E-state index contributed by atoms with van der Waals surface area (Å²) in [4.78, 5) is 12.0. The quantitative estimate of drug-likeness (QED) is 0.764. The third kappa shape index (κ3) is 3.18. The summed E-state index contributed by atoms with van der Waals surface area (Å²) in [6, 6.07) is 8.53. The molecule has 19 heavy (non-hydrogen) atoms. The average molecular weight is 281 g/mol. The van der Waals surface area contributed by atoms with E-state index in [0.29, 0.717) is 16.1 Å². The van der Waals surface area contributed by atoms with E-state index in [9.17, 15) is 13.6 Å². The van der Waals surface area contributed by atoms with Gasteiger partial charge in [0.1, 0.15) is 0 Å². The molecular formula is C15H11ClF2O. The van der Waals surface area contributed by atoms with Crippen LogP contribution in [0.2, 0.25) is 5.02 Å². The van der Waals surface area contributed by atoms with Gasteiger partial charge >= 0.3 is 0 Å². The van der Waals surface area contributed by atoms with Gasteiger partial charge in [-0.15, -0.1) is 0 Å². The van der Waals surface area contributed by atoms with Gasteiger partial charge in [0.05, 0.1) is 5.02 Å². The molecule has 0 aliphatic heterocycles. The van der Waals surface area contributed by atoms with E-state index < -0.39 is 11.6 Å². The number of aryl methyl sites for hydroxylation is 1. The molecule has 4 heteroatoms. The molecule has 0 fully saturated rings. The highest BCUT2D eigenvalue weighted by atomic mass is 35.5. The van der Waals surface area contributed by atoms with Crippen LogP contribution in [-0.2, 0) is 6.42 Å². The van der Waals surface area contributed by atoms with Crippen molar-refractivity contribution in [3.05, 3.63) is 69.7 Å². The van der Waals surface area contributed by atoms with Crippen molar-refractivity contribution in [3.63, 3.8) is 0 Å². The monoisotopic (exact) mass is 280 g/mol. The molecule has 0 aromatic heterocycles. The van der Waals surface area contributed by atoms with E-state index in [1.54, 1.807) is 18.2 Å². The summed E-state index contributed by atoms with van der Waals surface area (Å²) < 4.78 is 25.8. The number of ketones is 1. The van der Waals surface area contributed by atoms with Crippen LogP contribution in [0.4, 0.5) is 8.78 Å². The average Bonchev–Trinajstić information content (AvgIpc) is 2.33. The van der Waals surface area contributed by atoms with Crippen molar-refractivity contribution < 1.29 is 13.6 Å². The van der Waals surface area contributed by atoms with E-state index >= 15 is 0 Å². The Balaban J connectivity index is 2.23. The molecule has 98 valence electrons. The van der Waals surface area contributed by atoms with Gasteiger partial charge in [-0.3, -0.25) is 4.79 Å². The fourth-order valence-electron chi connectivity index (χ4n) is 1.78. The first-order valence-corrected chi connectivity index (χ1v) is 6.08. The van der Waals surface area contributed by atoms with Crippen LogP contribution in [0.5, 0.6) is 0 Å². The van der Waals surface area contributed by atoms with Gasteiger partial charge in [0, 0.05) is 12.0 Å². The molecule has 0 unspecified atom stereocenters. The number of rotatable bonds is 3. The Bertz CT molecular complexity index is 638. The first-order chi connectivity index (χ1) is 8.97. The van der Waals surface area contributed by atoms with E-state index in [0.717, 1.165) is 17.7 Å². The number of carbonyl (C=O) groups is 1. The minimum absolute atomic E-state index is 0.0139. The predicted octanol–water partition coefficient (Wildman–Crippen LogP) is 4.35. The smallest absolute Gasteiger partial charge is 0.168 e. The molecule has 2 rings (SSSR count). The standard InChI is InChI=1S/C15H11ClF2O/c1-9-2-4-11(12(16)6-9)15(19)8-10-3-5-13(17)14(18)7-10/h2-7H,8H2,1H3. The third-order valence-electron chi connectivity index (χ3n) is 2.77. The van der Waals surface area contributed by atoms with Gasteiger partial charge in [-0.05, 0) is 42.3 Å². The Labute approximate surface area is 114 Å². The predicted molar refractivity (Wildman–Crippen MR) is 70.6 cm³/mol. The number of benzene rings is 2. The molecule has 0 spiro atoms. The van der Waals surface area contributed by atoms with Crippen molar-refractivity contribution >= 4 is 17.4 Å². The number of hydrogen-bond acceptors (Lipinski definition) is 1. The zero-order valence-electron chi connectivity index (χ0n) is 10.2. The van der Waals surface area contributed by atoms with Crippen molar-refractivity contribution in [3.8, 4) is 0 Å². The summed E-state index contributed by atoms with van der Waals surface area (Å²) in [7, 11) is 0. The first kappa shape index (κ1) is 13.7. The van der Waals surface area contributed by atoms with Crippen LogP contribution >= 0.6 is 11.6 Å². The number of Topliss-reactive ketones (excluding diaryl/α,β-unsaturated/α-hetero) is 1. The second kappa shape index (κ2) is 5.49. The lowest BCUT2D eigenvalue weighted by Crippen LogP contribution is -2.05. The molecule has 0 atom stereocenters. The van der Waals surface area contributed by atoms with Gasteiger partial charge in [0.2, 0.25) is 0 Å². The molecule has 1 nitrogen and oxygen atoms in total. The normalized spacial score (nSPS) is 10.5. The zero-order chi connectivity index (χ0) is 14.0. The Morgan fingerprint density at radius 2 is 1.84 bits per heavy atom. The fraction of sp³-hybridized carbons (Fsp3) is 0.133. The minimum Gasteiger partial charge on any atom is -0.294 e. The lowest BCUT2D eigenvalue weighted by molar-refractivity contribution is 0.0993. The number of halogens is 3. The van der Waals surface area contributed by atoms with Crippen molar-refractivity contribution in [1.29, 1.82) is 0 Å². The molecule has 0 N–H and O–H groups in total. The lowest BCUT2D eigenvalue weighted by atomic mass is 10.0. The molecule has 2 aromatic carbocycles. The van der Waals surface area contributed by atoms with E-state index in [1.165, 1.54) is 6.07 Å². The summed E-state index contributed by atoms with van der Waals surface area (Å²) in [5.41, 5.74) is 1.76. The minimum atomic E-state index is -0.958. The second-order valence-electron chi connectivity index (χ2n) is 4.33. The van der Waals surface area contributed by atoms with Crippen molar-refractivity contribution in [2.24, 2.45) is 0 Å². The van der Waals surface area contributed by atoms with Crippen LogP contribution in [0.1, 0.15) is 21.5 Å². The Morgan fingerprint density at radius 3 is 2.47 bits per heavy atom. The molecular weight excluding hydrogens is 270 g/mol. The Hall–Kier alpha value is -1.74. The SMILES string of the molecule is Cc1ccc(C(=O)Cc2ccc(F)c(F)c2)c(Cl)c1. The van der Waals surface area contributed by atoms with Crippen molar-refractivity contribution in [1.82, 2.24) is 0 Å². The van der Waals surface area contributed by atoms with Gasteiger partial charge in [-0.25, -0.2) is 8.78 Å². The highest BCUT2D eigenvalue weighted by molar-refractivity contribution is 6.34. The Morgan fingerprint density at radius 1 is 1.11 bits per heavy atom. The van der Waals surface area contributed by atoms with Crippen LogP contribution in [0.25, 0.3) is 0 Å².